The fraction of sp³-hybridized carbons (Fsp3) is 0.538. The molecule has 0 unspecified atom stereocenters. The predicted octanol–water partition coefficient (Wildman–Crippen LogP) is 3.14. The number of pyridine rings is 1. The first-order chi connectivity index (χ1) is 7.61. The van der Waals surface area contributed by atoms with E-state index in [4.69, 9.17) is 0 Å². The van der Waals surface area contributed by atoms with Gasteiger partial charge in [-0.05, 0) is 24.6 Å². The molecule has 0 saturated heterocycles. The van der Waals surface area contributed by atoms with Crippen molar-refractivity contribution in [2.24, 2.45) is 0 Å². The second kappa shape index (κ2) is 10.1. The summed E-state index contributed by atoms with van der Waals surface area (Å²) in [6.45, 7) is 9.94. The molecular weight excluding hydrogens is 200 g/mol. The Morgan fingerprint density at radius 3 is 2.06 bits per heavy atom. The minimum absolute atomic E-state index is 0.0568. The second-order valence-electron chi connectivity index (χ2n) is 2.92. The first-order valence-electron chi connectivity index (χ1n) is 5.75. The van der Waals surface area contributed by atoms with Crippen molar-refractivity contribution in [1.82, 2.24) is 9.88 Å². The van der Waals surface area contributed by atoms with Gasteiger partial charge >= 0.3 is 0 Å². The molecule has 0 radical (unpaired) electrons. The molecule has 0 N–H and O–H groups in total. The van der Waals surface area contributed by atoms with Crippen LogP contribution < -0.4 is 0 Å². The lowest BCUT2D eigenvalue weighted by molar-refractivity contribution is 0.0822. The topological polar surface area (TPSA) is 33.2 Å². The summed E-state index contributed by atoms with van der Waals surface area (Å²) < 4.78 is 0. The Hall–Kier alpha value is -1.38. The van der Waals surface area contributed by atoms with E-state index in [9.17, 15) is 4.79 Å². The van der Waals surface area contributed by atoms with E-state index >= 15 is 0 Å². The van der Waals surface area contributed by atoms with E-state index in [1.807, 2.05) is 40.7 Å². The molecule has 3 nitrogen and oxygen atoms in total. The van der Waals surface area contributed by atoms with Gasteiger partial charge in [0.2, 0.25) is 0 Å². The van der Waals surface area contributed by atoms with Gasteiger partial charge in [-0.1, -0.05) is 27.7 Å². The van der Waals surface area contributed by atoms with E-state index in [1.165, 1.54) is 4.90 Å². The van der Waals surface area contributed by atoms with Gasteiger partial charge in [0.15, 0.2) is 0 Å². The summed E-state index contributed by atoms with van der Waals surface area (Å²) in [5, 5.41) is 0. The number of aryl methyl sites for hydroxylation is 1. The second-order valence-corrected chi connectivity index (χ2v) is 2.92. The van der Waals surface area contributed by atoms with Crippen molar-refractivity contribution in [2.75, 3.05) is 14.1 Å². The molecule has 0 atom stereocenters. The molecule has 0 fully saturated rings. The molecule has 1 amide bonds. The zero-order valence-electron chi connectivity index (χ0n) is 11.5. The van der Waals surface area contributed by atoms with Crippen molar-refractivity contribution in [3.8, 4) is 0 Å². The average Bonchev–Trinajstić information content (AvgIpc) is 2.33. The first-order valence-corrected chi connectivity index (χ1v) is 5.75. The van der Waals surface area contributed by atoms with Crippen molar-refractivity contribution >= 4 is 5.91 Å². The molecule has 0 aliphatic rings. The zero-order chi connectivity index (χ0) is 13.1. The summed E-state index contributed by atoms with van der Waals surface area (Å²) in [6.07, 6.45) is 1.64. The van der Waals surface area contributed by atoms with Crippen molar-refractivity contribution in [2.45, 2.75) is 34.6 Å². The molecule has 0 bridgehead atoms. The van der Waals surface area contributed by atoms with Crippen LogP contribution in [0.1, 0.15) is 43.7 Å². The Labute approximate surface area is 99.5 Å². The molecule has 0 aliphatic carbocycles. The summed E-state index contributed by atoms with van der Waals surface area (Å²) >= 11 is 0. The zero-order valence-corrected chi connectivity index (χ0v) is 11.5. The van der Waals surface area contributed by atoms with E-state index in [2.05, 4.69) is 4.98 Å². The van der Waals surface area contributed by atoms with E-state index < -0.39 is 0 Å². The van der Waals surface area contributed by atoms with E-state index in [-0.39, 0.29) is 5.91 Å². The Balaban J connectivity index is 0. The highest BCUT2D eigenvalue weighted by Crippen LogP contribution is 2.01. The van der Waals surface area contributed by atoms with Crippen molar-refractivity contribution < 1.29 is 4.79 Å². The average molecular weight is 224 g/mol. The number of hydrogen-bond acceptors (Lipinski definition) is 2. The van der Waals surface area contributed by atoms with Crippen LogP contribution in [0.4, 0.5) is 0 Å². The summed E-state index contributed by atoms with van der Waals surface area (Å²) in [5.74, 6) is -0.0568. The summed E-state index contributed by atoms with van der Waals surface area (Å²) in [7, 11) is 3.43. The maximum absolute atomic E-state index is 11.4. The van der Waals surface area contributed by atoms with E-state index in [0.717, 1.165) is 5.56 Å². The lowest BCUT2D eigenvalue weighted by atomic mass is 10.2. The highest BCUT2D eigenvalue weighted by atomic mass is 16.2. The molecule has 0 spiro atoms. The number of carbonyl (C=O) groups excluding carboxylic acids is 1. The van der Waals surface area contributed by atoms with Gasteiger partial charge in [0.1, 0.15) is 5.69 Å². The molecule has 1 rings (SSSR count). The highest BCUT2D eigenvalue weighted by molar-refractivity contribution is 5.91. The number of rotatable bonds is 1. The van der Waals surface area contributed by atoms with Gasteiger partial charge in [0.05, 0.1) is 0 Å². The Morgan fingerprint density at radius 2 is 1.69 bits per heavy atom. The number of aromatic nitrogens is 1. The van der Waals surface area contributed by atoms with Crippen molar-refractivity contribution in [3.63, 3.8) is 0 Å². The standard InChI is InChI=1S/C9H12N2O.2C2H6/c1-7-4-5-10-8(6-7)9(12)11(2)3;2*1-2/h4-6H,1-3H3;2*1-2H3. The van der Waals surface area contributed by atoms with E-state index in [1.54, 1.807) is 26.4 Å². The van der Waals surface area contributed by atoms with Crippen LogP contribution in [-0.2, 0) is 0 Å². The van der Waals surface area contributed by atoms with Gasteiger partial charge in [-0.2, -0.15) is 0 Å². The fourth-order valence-corrected chi connectivity index (χ4v) is 0.882. The molecule has 1 aromatic heterocycles. The van der Waals surface area contributed by atoms with Gasteiger partial charge in [0.25, 0.3) is 5.91 Å². The van der Waals surface area contributed by atoms with Gasteiger partial charge in [-0.15, -0.1) is 0 Å². The van der Waals surface area contributed by atoms with Crippen molar-refractivity contribution in [3.05, 3.63) is 29.6 Å². The van der Waals surface area contributed by atoms with Crippen molar-refractivity contribution in [1.29, 1.82) is 0 Å². The third-order valence-corrected chi connectivity index (χ3v) is 1.54. The monoisotopic (exact) mass is 224 g/mol. The van der Waals surface area contributed by atoms with Crippen LogP contribution in [0.2, 0.25) is 0 Å². The molecular formula is C13H24N2O. The van der Waals surface area contributed by atoms with Crippen LogP contribution in [0.5, 0.6) is 0 Å². The normalized spacial score (nSPS) is 7.94. The number of nitrogens with zero attached hydrogens (tertiary/aromatic N) is 2. The molecule has 1 heterocycles. The SMILES string of the molecule is CC.CC.Cc1ccnc(C(=O)N(C)C)c1. The van der Waals surface area contributed by atoms with Crippen LogP contribution in [0.3, 0.4) is 0 Å². The fourth-order valence-electron chi connectivity index (χ4n) is 0.882. The van der Waals surface area contributed by atoms with Crippen LogP contribution in [0, 0.1) is 6.92 Å². The lowest BCUT2D eigenvalue weighted by Crippen LogP contribution is -2.22. The Bertz CT molecular complexity index is 296. The predicted molar refractivity (Wildman–Crippen MR) is 69.7 cm³/mol. The number of carbonyl (C=O) groups is 1. The van der Waals surface area contributed by atoms with Crippen LogP contribution >= 0.6 is 0 Å². The summed E-state index contributed by atoms with van der Waals surface area (Å²) in [5.41, 5.74) is 1.55. The van der Waals surface area contributed by atoms with Gasteiger partial charge in [-0.3, -0.25) is 9.78 Å². The summed E-state index contributed by atoms with van der Waals surface area (Å²) in [4.78, 5) is 16.8. The lowest BCUT2D eigenvalue weighted by Gasteiger charge is -2.08. The minimum Gasteiger partial charge on any atom is -0.343 e. The largest absolute Gasteiger partial charge is 0.343 e. The molecule has 0 aromatic carbocycles. The highest BCUT2D eigenvalue weighted by Gasteiger charge is 2.08. The van der Waals surface area contributed by atoms with Gasteiger partial charge in [-0.25, -0.2) is 0 Å². The minimum atomic E-state index is -0.0568. The summed E-state index contributed by atoms with van der Waals surface area (Å²) in [6, 6.07) is 3.65. The Kier molecular flexibility index (Phi) is 10.8. The maximum Gasteiger partial charge on any atom is 0.271 e. The molecule has 0 aliphatic heterocycles. The smallest absolute Gasteiger partial charge is 0.271 e. The van der Waals surface area contributed by atoms with Crippen LogP contribution in [-0.4, -0.2) is 29.9 Å². The van der Waals surface area contributed by atoms with E-state index in [0.29, 0.717) is 5.69 Å². The van der Waals surface area contributed by atoms with Crippen LogP contribution in [0.25, 0.3) is 0 Å². The third kappa shape index (κ3) is 6.17. The quantitative estimate of drug-likeness (QED) is 0.734. The number of amides is 1. The molecule has 1 aromatic rings. The number of hydrogen-bond donors (Lipinski definition) is 0. The van der Waals surface area contributed by atoms with Crippen LogP contribution in [0.15, 0.2) is 18.3 Å². The first kappa shape index (κ1) is 17.0. The molecule has 92 valence electrons. The maximum atomic E-state index is 11.4. The molecule has 16 heavy (non-hydrogen) atoms. The molecule has 3 heteroatoms. The van der Waals surface area contributed by atoms with Gasteiger partial charge < -0.3 is 4.90 Å². The Morgan fingerprint density at radius 1 is 1.19 bits per heavy atom. The van der Waals surface area contributed by atoms with Gasteiger partial charge in [0, 0.05) is 20.3 Å². The molecule has 0 saturated carbocycles. The third-order valence-electron chi connectivity index (χ3n) is 1.54.